The monoisotopic (exact) mass is 296 g/mol. The van der Waals surface area contributed by atoms with Gasteiger partial charge in [-0.2, -0.15) is 13.2 Å². The van der Waals surface area contributed by atoms with Gasteiger partial charge in [-0.25, -0.2) is 8.78 Å². The molecule has 0 saturated carbocycles. The quantitative estimate of drug-likeness (QED) is 0.844. The Kier molecular flexibility index (Phi) is 5.43. The number of halogens is 5. The molecule has 0 spiro atoms. The molecule has 0 unspecified atom stereocenters. The van der Waals surface area contributed by atoms with E-state index in [1.54, 1.807) is 0 Å². The molecule has 0 heterocycles. The van der Waals surface area contributed by atoms with Crippen LogP contribution in [0.1, 0.15) is 5.56 Å². The van der Waals surface area contributed by atoms with Gasteiger partial charge in [0.1, 0.15) is 11.6 Å². The predicted molar refractivity (Wildman–Crippen MR) is 61.8 cm³/mol. The maximum atomic E-state index is 13.3. The first-order valence-electron chi connectivity index (χ1n) is 5.64. The molecule has 0 aliphatic carbocycles. The second-order valence-corrected chi connectivity index (χ2v) is 4.20. The van der Waals surface area contributed by atoms with Gasteiger partial charge in [-0.15, -0.1) is 0 Å². The molecule has 1 aromatic rings. The third-order valence-electron chi connectivity index (χ3n) is 2.45. The van der Waals surface area contributed by atoms with Crippen LogP contribution in [-0.4, -0.2) is 37.1 Å². The van der Waals surface area contributed by atoms with Crippen LogP contribution in [0.5, 0.6) is 0 Å². The SMILES string of the molecule is CN(Cc1ccc(F)cc1F)C(=O)CNCC(F)(F)F. The van der Waals surface area contributed by atoms with Gasteiger partial charge in [0.05, 0.1) is 13.1 Å². The van der Waals surface area contributed by atoms with E-state index < -0.39 is 36.8 Å². The summed E-state index contributed by atoms with van der Waals surface area (Å²) in [4.78, 5) is 12.6. The van der Waals surface area contributed by atoms with Crippen LogP contribution in [0, 0.1) is 11.6 Å². The van der Waals surface area contributed by atoms with Crippen LogP contribution in [0.2, 0.25) is 0 Å². The van der Waals surface area contributed by atoms with Crippen molar-refractivity contribution in [1.82, 2.24) is 10.2 Å². The Morgan fingerprint density at radius 1 is 1.30 bits per heavy atom. The molecule has 0 bridgehead atoms. The van der Waals surface area contributed by atoms with Crippen LogP contribution >= 0.6 is 0 Å². The normalized spacial score (nSPS) is 11.5. The molecule has 1 N–H and O–H groups in total. The molecule has 20 heavy (non-hydrogen) atoms. The Morgan fingerprint density at radius 2 is 1.95 bits per heavy atom. The van der Waals surface area contributed by atoms with Gasteiger partial charge in [-0.3, -0.25) is 4.79 Å². The summed E-state index contributed by atoms with van der Waals surface area (Å²) in [5.74, 6) is -2.18. The van der Waals surface area contributed by atoms with Crippen LogP contribution in [0.25, 0.3) is 0 Å². The van der Waals surface area contributed by atoms with Gasteiger partial charge in [-0.1, -0.05) is 6.07 Å². The first kappa shape index (κ1) is 16.4. The minimum absolute atomic E-state index is 0.0815. The van der Waals surface area contributed by atoms with Crippen LogP contribution < -0.4 is 5.32 Å². The second kappa shape index (κ2) is 6.65. The van der Waals surface area contributed by atoms with E-state index in [9.17, 15) is 26.7 Å². The summed E-state index contributed by atoms with van der Waals surface area (Å²) >= 11 is 0. The predicted octanol–water partition coefficient (Wildman–Crippen LogP) is 2.08. The lowest BCUT2D eigenvalue weighted by Gasteiger charge is -2.18. The van der Waals surface area contributed by atoms with E-state index in [-0.39, 0.29) is 12.1 Å². The summed E-state index contributed by atoms with van der Waals surface area (Å²) in [6.45, 7) is -1.95. The van der Waals surface area contributed by atoms with E-state index in [0.29, 0.717) is 6.07 Å². The highest BCUT2D eigenvalue weighted by Gasteiger charge is 2.26. The third kappa shape index (κ3) is 5.52. The van der Waals surface area contributed by atoms with Crippen molar-refractivity contribution in [1.29, 1.82) is 0 Å². The number of hydrogen-bond acceptors (Lipinski definition) is 2. The fraction of sp³-hybridized carbons (Fsp3) is 0.417. The molecule has 0 aliphatic rings. The first-order valence-corrected chi connectivity index (χ1v) is 5.64. The van der Waals surface area contributed by atoms with Crippen LogP contribution in [0.3, 0.4) is 0 Å². The van der Waals surface area contributed by atoms with Crippen molar-refractivity contribution in [3.63, 3.8) is 0 Å². The summed E-state index contributed by atoms with van der Waals surface area (Å²) in [6, 6.07) is 2.89. The first-order chi connectivity index (χ1) is 9.19. The zero-order chi connectivity index (χ0) is 15.3. The fourth-order valence-corrected chi connectivity index (χ4v) is 1.44. The Bertz CT molecular complexity index is 475. The summed E-state index contributed by atoms with van der Waals surface area (Å²) in [5.41, 5.74) is 0.0815. The molecule has 0 aromatic heterocycles. The fourth-order valence-electron chi connectivity index (χ4n) is 1.44. The highest BCUT2D eigenvalue weighted by molar-refractivity contribution is 5.77. The zero-order valence-electron chi connectivity index (χ0n) is 10.6. The van der Waals surface area contributed by atoms with E-state index in [0.717, 1.165) is 11.0 Å². The number of benzene rings is 1. The molecule has 112 valence electrons. The van der Waals surface area contributed by atoms with Crippen molar-refractivity contribution >= 4 is 5.91 Å². The Labute approximate surface area is 112 Å². The highest BCUT2D eigenvalue weighted by Crippen LogP contribution is 2.13. The van der Waals surface area contributed by atoms with Gasteiger partial charge in [0.25, 0.3) is 0 Å². The van der Waals surface area contributed by atoms with Gasteiger partial charge in [0, 0.05) is 25.2 Å². The van der Waals surface area contributed by atoms with Crippen LogP contribution in [0.15, 0.2) is 18.2 Å². The Morgan fingerprint density at radius 3 is 2.50 bits per heavy atom. The molecule has 3 nitrogen and oxygen atoms in total. The molecule has 0 fully saturated rings. The molecule has 0 saturated heterocycles. The lowest BCUT2D eigenvalue weighted by molar-refractivity contribution is -0.133. The van der Waals surface area contributed by atoms with Crippen molar-refractivity contribution in [3.05, 3.63) is 35.4 Å². The topological polar surface area (TPSA) is 32.3 Å². The van der Waals surface area contributed by atoms with Crippen molar-refractivity contribution in [2.45, 2.75) is 12.7 Å². The average Bonchev–Trinajstić information content (AvgIpc) is 2.30. The highest BCUT2D eigenvalue weighted by atomic mass is 19.4. The number of nitrogens with one attached hydrogen (secondary N) is 1. The Balaban J connectivity index is 2.49. The number of rotatable bonds is 5. The molecule has 1 amide bonds. The van der Waals surface area contributed by atoms with Crippen molar-refractivity contribution in [2.75, 3.05) is 20.1 Å². The number of alkyl halides is 3. The van der Waals surface area contributed by atoms with Crippen molar-refractivity contribution in [3.8, 4) is 0 Å². The summed E-state index contributed by atoms with van der Waals surface area (Å²) < 4.78 is 61.6. The number of carbonyl (C=O) groups is 1. The lowest BCUT2D eigenvalue weighted by atomic mass is 10.2. The van der Waals surface area contributed by atoms with Gasteiger partial charge < -0.3 is 10.2 Å². The second-order valence-electron chi connectivity index (χ2n) is 4.20. The van der Waals surface area contributed by atoms with Crippen LogP contribution in [0.4, 0.5) is 22.0 Å². The van der Waals surface area contributed by atoms with E-state index in [2.05, 4.69) is 0 Å². The number of nitrogens with zero attached hydrogens (tertiary/aromatic N) is 1. The van der Waals surface area contributed by atoms with E-state index >= 15 is 0 Å². The van der Waals surface area contributed by atoms with E-state index in [4.69, 9.17) is 0 Å². The van der Waals surface area contributed by atoms with Crippen LogP contribution in [-0.2, 0) is 11.3 Å². The summed E-state index contributed by atoms with van der Waals surface area (Å²) in [7, 11) is 1.32. The number of carbonyl (C=O) groups excluding carboxylic acids is 1. The molecule has 0 atom stereocenters. The number of likely N-dealkylation sites (N-methyl/N-ethyl adjacent to an activating group) is 1. The lowest BCUT2D eigenvalue weighted by Crippen LogP contribution is -2.39. The van der Waals surface area contributed by atoms with Crippen molar-refractivity contribution < 1.29 is 26.7 Å². The van der Waals surface area contributed by atoms with Gasteiger partial charge in [0.15, 0.2) is 0 Å². The molecule has 1 rings (SSSR count). The molecule has 0 radical (unpaired) electrons. The summed E-state index contributed by atoms with van der Waals surface area (Å²) in [5, 5.41) is 1.95. The molecule has 0 aliphatic heterocycles. The maximum absolute atomic E-state index is 13.3. The summed E-state index contributed by atoms with van der Waals surface area (Å²) in [6.07, 6.45) is -4.40. The number of hydrogen-bond donors (Lipinski definition) is 1. The van der Waals surface area contributed by atoms with Gasteiger partial charge in [0.2, 0.25) is 5.91 Å². The largest absolute Gasteiger partial charge is 0.401 e. The van der Waals surface area contributed by atoms with E-state index in [1.165, 1.54) is 13.1 Å². The maximum Gasteiger partial charge on any atom is 0.401 e. The smallest absolute Gasteiger partial charge is 0.340 e. The molecular weight excluding hydrogens is 283 g/mol. The van der Waals surface area contributed by atoms with Crippen molar-refractivity contribution in [2.24, 2.45) is 0 Å². The minimum Gasteiger partial charge on any atom is -0.340 e. The molecule has 8 heteroatoms. The standard InChI is InChI=1S/C12H13F5N2O/c1-19(11(20)5-18-7-12(15,16)17)6-8-2-3-9(13)4-10(8)14/h2-4,18H,5-7H2,1H3. The van der Waals surface area contributed by atoms with Gasteiger partial charge in [-0.05, 0) is 6.07 Å². The Hall–Kier alpha value is -1.70. The molecule has 1 aromatic carbocycles. The molecular formula is C12H13F5N2O. The average molecular weight is 296 g/mol. The van der Waals surface area contributed by atoms with E-state index in [1.807, 2.05) is 5.32 Å². The third-order valence-corrected chi connectivity index (χ3v) is 2.45. The zero-order valence-corrected chi connectivity index (χ0v) is 10.6. The minimum atomic E-state index is -4.40. The van der Waals surface area contributed by atoms with Gasteiger partial charge >= 0.3 is 6.18 Å². The number of amides is 1.